The molecule has 5 heteroatoms. The highest BCUT2D eigenvalue weighted by Crippen LogP contribution is 2.34. The molecule has 0 aliphatic heterocycles. The molecule has 0 unspecified atom stereocenters. The molecule has 156 valence electrons. The number of aryl methyl sites for hydroxylation is 1. The van der Waals surface area contributed by atoms with Gasteiger partial charge in [-0.1, -0.05) is 12.8 Å². The maximum atomic E-state index is 8.89. The smallest absolute Gasteiger partial charge is 0.195 e. The molecule has 0 saturated heterocycles. The quantitative estimate of drug-likeness (QED) is 0.372. The Morgan fingerprint density at radius 1 is 0.900 bits per heavy atom. The Labute approximate surface area is 178 Å². The summed E-state index contributed by atoms with van der Waals surface area (Å²) < 4.78 is 16.7. The summed E-state index contributed by atoms with van der Waals surface area (Å²) in [5, 5.41) is 8.89. The van der Waals surface area contributed by atoms with E-state index >= 15 is 0 Å². The second-order valence-electron chi connectivity index (χ2n) is 7.37. The van der Waals surface area contributed by atoms with E-state index in [2.05, 4.69) is 6.07 Å². The predicted octanol–water partition coefficient (Wildman–Crippen LogP) is 6.29. The van der Waals surface area contributed by atoms with Crippen LogP contribution in [-0.4, -0.2) is 19.2 Å². The Morgan fingerprint density at radius 3 is 2.07 bits per heavy atom. The molecule has 0 radical (unpaired) electrons. The summed E-state index contributed by atoms with van der Waals surface area (Å²) in [6.45, 7) is 1.97. The van der Waals surface area contributed by atoms with Crippen LogP contribution in [0.5, 0.6) is 11.5 Å². The highest BCUT2D eigenvalue weighted by Gasteiger charge is 2.17. The number of methoxy groups -OCH3 is 2. The number of benzene rings is 2. The van der Waals surface area contributed by atoms with Gasteiger partial charge in [0.1, 0.15) is 17.2 Å². The first-order chi connectivity index (χ1) is 14.6. The molecule has 3 rings (SSSR count). The molecule has 0 saturated carbocycles. The van der Waals surface area contributed by atoms with Gasteiger partial charge in [0.25, 0.3) is 0 Å². The maximum Gasteiger partial charge on any atom is 0.195 e. The fourth-order valence-corrected chi connectivity index (χ4v) is 3.32. The van der Waals surface area contributed by atoms with Crippen molar-refractivity contribution in [2.24, 2.45) is 5.92 Å². The van der Waals surface area contributed by atoms with E-state index in [9.17, 15) is 0 Å². The average Bonchev–Trinajstić information content (AvgIpc) is 3.23. The maximum absolute atomic E-state index is 8.89. The van der Waals surface area contributed by atoms with Gasteiger partial charge in [-0.15, -0.1) is 0 Å². The monoisotopic (exact) mass is 404 g/mol. The largest absolute Gasteiger partial charge is 0.497 e. The summed E-state index contributed by atoms with van der Waals surface area (Å²) in [5.41, 5.74) is 2.78. The van der Waals surface area contributed by atoms with Crippen molar-refractivity contribution in [2.45, 2.75) is 39.0 Å². The summed E-state index contributed by atoms with van der Waals surface area (Å²) >= 11 is 0. The minimum Gasteiger partial charge on any atom is -0.497 e. The van der Waals surface area contributed by atoms with E-state index in [1.807, 2.05) is 55.5 Å². The van der Waals surface area contributed by atoms with Gasteiger partial charge in [-0.2, -0.15) is 5.26 Å². The number of nitriles is 1. The van der Waals surface area contributed by atoms with Crippen LogP contribution in [0, 0.1) is 17.2 Å². The number of ether oxygens (including phenoxy) is 2. The second-order valence-corrected chi connectivity index (χ2v) is 7.37. The Morgan fingerprint density at radius 2 is 1.50 bits per heavy atom. The van der Waals surface area contributed by atoms with E-state index in [0.29, 0.717) is 0 Å². The van der Waals surface area contributed by atoms with E-state index in [1.165, 1.54) is 0 Å². The van der Waals surface area contributed by atoms with Crippen molar-refractivity contribution in [1.82, 2.24) is 4.98 Å². The number of unbranched alkanes of at least 4 members (excludes halogenated alkanes) is 2. The van der Waals surface area contributed by atoms with Crippen molar-refractivity contribution >= 4 is 0 Å². The topological polar surface area (TPSA) is 68.3 Å². The molecule has 3 aromatic rings. The van der Waals surface area contributed by atoms with Crippen LogP contribution in [0.15, 0.2) is 52.9 Å². The van der Waals surface area contributed by atoms with E-state index in [4.69, 9.17) is 24.1 Å². The van der Waals surface area contributed by atoms with Crippen LogP contribution < -0.4 is 9.47 Å². The molecule has 0 N–H and O–H groups in total. The first kappa shape index (κ1) is 21.4. The minimum absolute atomic E-state index is 0.120. The molecule has 2 aromatic carbocycles. The van der Waals surface area contributed by atoms with Crippen molar-refractivity contribution in [2.75, 3.05) is 14.2 Å². The minimum atomic E-state index is 0.120. The Balaban J connectivity index is 1.80. The number of hydrogen-bond donors (Lipinski definition) is 0. The summed E-state index contributed by atoms with van der Waals surface area (Å²) in [6.07, 6.45) is 4.82. The fourth-order valence-electron chi connectivity index (χ4n) is 3.32. The lowest BCUT2D eigenvalue weighted by Gasteiger charge is -2.04. The third-order valence-corrected chi connectivity index (χ3v) is 5.14. The van der Waals surface area contributed by atoms with Crippen LogP contribution in [-0.2, 0) is 6.42 Å². The molecule has 5 nitrogen and oxygen atoms in total. The van der Waals surface area contributed by atoms with Gasteiger partial charge in [-0.25, -0.2) is 4.98 Å². The van der Waals surface area contributed by atoms with Crippen molar-refractivity contribution in [1.29, 1.82) is 5.26 Å². The number of nitrogens with zero attached hydrogens (tertiary/aromatic N) is 2. The van der Waals surface area contributed by atoms with Crippen molar-refractivity contribution in [3.8, 4) is 40.1 Å². The van der Waals surface area contributed by atoms with Crippen molar-refractivity contribution in [3.63, 3.8) is 0 Å². The van der Waals surface area contributed by atoms with Crippen LogP contribution >= 0.6 is 0 Å². The molecule has 0 fully saturated rings. The van der Waals surface area contributed by atoms with Gasteiger partial charge < -0.3 is 13.9 Å². The molecular weight excluding hydrogens is 376 g/mol. The van der Waals surface area contributed by atoms with Gasteiger partial charge >= 0.3 is 0 Å². The van der Waals surface area contributed by atoms with E-state index in [1.54, 1.807) is 14.2 Å². The molecule has 1 atom stereocenters. The molecular formula is C25H28N2O3. The number of rotatable bonds is 10. The third kappa shape index (κ3) is 5.42. The van der Waals surface area contributed by atoms with Crippen LogP contribution in [0.2, 0.25) is 0 Å². The Hall–Kier alpha value is -3.26. The summed E-state index contributed by atoms with van der Waals surface area (Å²) in [5.74, 6) is 3.22. The zero-order chi connectivity index (χ0) is 21.3. The van der Waals surface area contributed by atoms with Gasteiger partial charge in [0.15, 0.2) is 11.7 Å². The van der Waals surface area contributed by atoms with E-state index in [-0.39, 0.29) is 5.92 Å². The average molecular weight is 405 g/mol. The standard InChI is InChI=1S/C25H28N2O3/c1-18(17-26)7-5-4-6-8-23-27-24(19-9-13-21(28-2)14-10-19)25(30-23)20-11-15-22(29-3)16-12-20/h9-16,18H,4-8H2,1-3H3/t18-/m0/s1. The molecule has 0 spiro atoms. The lowest BCUT2D eigenvalue weighted by molar-refractivity contribution is 0.414. The van der Waals surface area contributed by atoms with Gasteiger partial charge in [0, 0.05) is 23.5 Å². The van der Waals surface area contributed by atoms with Crippen LogP contribution in [0.1, 0.15) is 38.5 Å². The summed E-state index contributed by atoms with van der Waals surface area (Å²) in [4.78, 5) is 4.81. The first-order valence-electron chi connectivity index (χ1n) is 10.3. The lowest BCUT2D eigenvalue weighted by atomic mass is 10.0. The second kappa shape index (κ2) is 10.5. The molecule has 0 aliphatic rings. The number of oxazole rings is 1. The van der Waals surface area contributed by atoms with Crippen molar-refractivity contribution in [3.05, 3.63) is 54.4 Å². The van der Waals surface area contributed by atoms with Crippen LogP contribution in [0.4, 0.5) is 0 Å². The zero-order valence-corrected chi connectivity index (χ0v) is 17.9. The Kier molecular flexibility index (Phi) is 7.51. The fraction of sp³-hybridized carbons (Fsp3) is 0.360. The Bertz CT molecular complexity index is 904. The van der Waals surface area contributed by atoms with Gasteiger partial charge in [-0.3, -0.25) is 0 Å². The van der Waals surface area contributed by atoms with Crippen molar-refractivity contribution < 1.29 is 13.9 Å². The number of hydrogen-bond acceptors (Lipinski definition) is 5. The molecule has 0 bridgehead atoms. The molecule has 30 heavy (non-hydrogen) atoms. The predicted molar refractivity (Wildman–Crippen MR) is 117 cm³/mol. The summed E-state index contributed by atoms with van der Waals surface area (Å²) in [7, 11) is 3.31. The summed E-state index contributed by atoms with van der Waals surface area (Å²) in [6, 6.07) is 18.0. The van der Waals surface area contributed by atoms with Crippen LogP contribution in [0.3, 0.4) is 0 Å². The molecule has 0 aliphatic carbocycles. The van der Waals surface area contributed by atoms with Gasteiger partial charge in [0.05, 0.1) is 20.3 Å². The first-order valence-corrected chi connectivity index (χ1v) is 10.3. The third-order valence-electron chi connectivity index (χ3n) is 5.14. The van der Waals surface area contributed by atoms with E-state index < -0.39 is 0 Å². The zero-order valence-electron chi connectivity index (χ0n) is 17.9. The van der Waals surface area contributed by atoms with Gasteiger partial charge in [0.2, 0.25) is 0 Å². The SMILES string of the molecule is COc1ccc(-c2nc(CCCCC[C@H](C)C#N)oc2-c2ccc(OC)cc2)cc1. The lowest BCUT2D eigenvalue weighted by Crippen LogP contribution is -1.91. The number of aromatic nitrogens is 1. The molecule has 0 amide bonds. The van der Waals surface area contributed by atoms with Gasteiger partial charge in [-0.05, 0) is 68.3 Å². The highest BCUT2D eigenvalue weighted by molar-refractivity contribution is 5.77. The van der Waals surface area contributed by atoms with Crippen LogP contribution in [0.25, 0.3) is 22.6 Å². The normalized spacial score (nSPS) is 11.7. The van der Waals surface area contributed by atoms with E-state index in [0.717, 1.165) is 72.1 Å². The molecule has 1 heterocycles. The highest BCUT2D eigenvalue weighted by atomic mass is 16.5. The molecule has 1 aromatic heterocycles.